The topological polar surface area (TPSA) is 216 Å². The number of nitrogens with zero attached hydrogens (tertiary/aromatic N) is 6. The number of aromatic hydroxyl groups is 1. The van der Waals surface area contributed by atoms with Gasteiger partial charge >= 0.3 is 0 Å². The number of carbonyl (C=O) groups excluding carboxylic acids is 2. The summed E-state index contributed by atoms with van der Waals surface area (Å²) in [6.07, 6.45) is 11.4. The normalized spacial score (nSPS) is 13.4. The molecule has 0 bridgehead atoms. The van der Waals surface area contributed by atoms with Gasteiger partial charge in [-0.25, -0.2) is 44.6 Å². The molecule has 2 aliphatic rings. The van der Waals surface area contributed by atoms with Gasteiger partial charge in [-0.1, -0.05) is 36.4 Å². The third kappa shape index (κ3) is 14.6. The van der Waals surface area contributed by atoms with Crippen molar-refractivity contribution in [3.8, 4) is 39.9 Å². The van der Waals surface area contributed by atoms with Crippen LogP contribution in [0.5, 0.6) is 17.4 Å². The highest BCUT2D eigenvalue weighted by atomic mass is 79.9. The first-order valence-corrected chi connectivity index (χ1v) is 29.2. The van der Waals surface area contributed by atoms with Gasteiger partial charge in [-0.05, 0) is 121 Å². The van der Waals surface area contributed by atoms with Crippen LogP contribution in [-0.4, -0.2) is 99.8 Å². The van der Waals surface area contributed by atoms with Gasteiger partial charge in [-0.15, -0.1) is 5.10 Å². The number of ether oxygens (including phenoxy) is 1. The lowest BCUT2D eigenvalue weighted by Gasteiger charge is -2.12. The molecule has 0 aliphatic heterocycles. The number of sulfone groups is 2. The van der Waals surface area contributed by atoms with E-state index in [0.29, 0.717) is 63.2 Å². The second-order valence-electron chi connectivity index (χ2n) is 19.1. The van der Waals surface area contributed by atoms with Gasteiger partial charge in [-0.2, -0.15) is 13.9 Å². The molecule has 4 aromatic heterocycles. The van der Waals surface area contributed by atoms with Crippen molar-refractivity contribution >= 4 is 69.8 Å². The zero-order valence-corrected chi connectivity index (χ0v) is 45.4. The van der Waals surface area contributed by atoms with Crippen molar-refractivity contribution in [3.63, 3.8) is 0 Å². The van der Waals surface area contributed by atoms with Gasteiger partial charge in [0.2, 0.25) is 11.7 Å². The van der Waals surface area contributed by atoms with E-state index >= 15 is 0 Å². The number of aromatic nitrogens is 6. The maximum atomic E-state index is 14.3. The van der Waals surface area contributed by atoms with Gasteiger partial charge in [0.25, 0.3) is 0 Å². The average Bonchev–Trinajstić information content (AvgIpc) is 4.30. The Labute approximate surface area is 449 Å². The fourth-order valence-electron chi connectivity index (χ4n) is 8.16. The van der Waals surface area contributed by atoms with Crippen molar-refractivity contribution in [3.05, 3.63) is 147 Å². The van der Waals surface area contributed by atoms with E-state index in [1.807, 2.05) is 44.2 Å². The maximum absolute atomic E-state index is 14.3. The van der Waals surface area contributed by atoms with Crippen LogP contribution in [0.25, 0.3) is 33.8 Å². The van der Waals surface area contributed by atoms with E-state index in [-0.39, 0.29) is 47.8 Å². The van der Waals surface area contributed by atoms with Crippen molar-refractivity contribution in [2.24, 2.45) is 11.8 Å². The summed E-state index contributed by atoms with van der Waals surface area (Å²) in [4.78, 5) is 34.1. The SMILES string of the molecule is Cc1cc(-c2cnc3c(NCCS(C)(=O)=O)cc(Br)nn23)ccc1C(=O)CC1CC1.Cc1cc(-c2cnc3c(NCCS(C)(=O)=O)cc(Oc4cccc(F)c4F)nn23)ccc1C(=O)CC1CC1.Oc1cccc(F)c1F. The number of fused-ring (bicyclic) bond motifs is 2. The molecule has 23 heteroatoms. The number of rotatable bonds is 18. The number of hydrogen-bond donors (Lipinski definition) is 3. The Morgan fingerprint density at radius 3 is 1.58 bits per heavy atom. The smallest absolute Gasteiger partial charge is 0.239 e. The lowest BCUT2D eigenvalue weighted by Crippen LogP contribution is -2.15. The Hall–Kier alpha value is -7.24. The third-order valence-corrected chi connectivity index (χ3v) is 14.8. The molecule has 0 amide bonds. The molecule has 0 spiro atoms. The van der Waals surface area contributed by atoms with Gasteiger partial charge in [0.05, 0.1) is 46.7 Å². The number of anilines is 2. The molecule has 404 valence electrons. The number of phenolic OH excluding ortho intramolecular Hbond substituents is 1. The number of nitrogens with one attached hydrogen (secondary N) is 2. The number of halogens is 5. The van der Waals surface area contributed by atoms with Crippen LogP contribution in [0.4, 0.5) is 28.9 Å². The minimum absolute atomic E-state index is 0.0300. The second-order valence-corrected chi connectivity index (χ2v) is 24.4. The van der Waals surface area contributed by atoms with Crippen LogP contribution in [0, 0.1) is 49.0 Å². The average molecular weight is 1160 g/mol. The number of ketones is 2. The lowest BCUT2D eigenvalue weighted by atomic mass is 9.98. The highest BCUT2D eigenvalue weighted by Crippen LogP contribution is 2.37. The fraction of sp³-hybridized carbons (Fsp3) is 0.296. The number of imidazole rings is 2. The van der Waals surface area contributed by atoms with Crippen molar-refractivity contribution in [2.45, 2.75) is 52.4 Å². The monoisotopic (exact) mass is 1160 g/mol. The summed E-state index contributed by atoms with van der Waals surface area (Å²) in [6.45, 7) is 4.20. The molecule has 3 N–H and O–H groups in total. The molecular formula is C54H53BrF4N8O8S2. The molecule has 4 aromatic carbocycles. The zero-order valence-electron chi connectivity index (χ0n) is 42.2. The molecule has 2 saturated carbocycles. The summed E-state index contributed by atoms with van der Waals surface area (Å²) >= 11 is 3.42. The minimum atomic E-state index is -3.23. The molecule has 0 atom stereocenters. The third-order valence-electron chi connectivity index (χ3n) is 12.5. The first-order chi connectivity index (χ1) is 36.5. The highest BCUT2D eigenvalue weighted by molar-refractivity contribution is 9.10. The number of benzene rings is 4. The van der Waals surface area contributed by atoms with E-state index < -0.39 is 48.7 Å². The molecule has 2 aliphatic carbocycles. The van der Waals surface area contributed by atoms with E-state index in [1.54, 1.807) is 29.0 Å². The molecule has 4 heterocycles. The van der Waals surface area contributed by atoms with Crippen LogP contribution in [0.1, 0.15) is 70.4 Å². The van der Waals surface area contributed by atoms with Crippen molar-refractivity contribution in [2.75, 3.05) is 47.7 Å². The Bertz CT molecular complexity index is 3760. The molecule has 0 radical (unpaired) electrons. The molecule has 0 unspecified atom stereocenters. The number of carbonyl (C=O) groups is 2. The van der Waals surface area contributed by atoms with E-state index in [2.05, 4.69) is 46.7 Å². The van der Waals surface area contributed by atoms with Crippen molar-refractivity contribution in [1.82, 2.24) is 29.2 Å². The Morgan fingerprint density at radius 1 is 0.662 bits per heavy atom. The summed E-state index contributed by atoms with van der Waals surface area (Å²) in [5, 5.41) is 23.6. The number of Topliss-reactive ketones (excluding diaryl/α,β-unsaturated/α-hetero) is 2. The lowest BCUT2D eigenvalue weighted by molar-refractivity contribution is 0.0967. The Morgan fingerprint density at radius 2 is 1.13 bits per heavy atom. The van der Waals surface area contributed by atoms with Crippen LogP contribution >= 0.6 is 15.9 Å². The quantitative estimate of drug-likeness (QED) is 0.0538. The molecule has 77 heavy (non-hydrogen) atoms. The van der Waals surface area contributed by atoms with Crippen LogP contribution in [0.15, 0.2) is 102 Å². The summed E-state index contributed by atoms with van der Waals surface area (Å²) in [7, 11) is -6.29. The fourth-order valence-corrected chi connectivity index (χ4v) is 9.49. The first kappa shape index (κ1) is 56.0. The molecule has 16 nitrogen and oxygen atoms in total. The largest absolute Gasteiger partial charge is 0.505 e. The van der Waals surface area contributed by atoms with Crippen LogP contribution in [0.2, 0.25) is 0 Å². The van der Waals surface area contributed by atoms with Crippen LogP contribution in [-0.2, 0) is 19.7 Å². The number of aryl methyl sites for hydroxylation is 2. The Kier molecular flexibility index (Phi) is 17.1. The number of hydrogen-bond acceptors (Lipinski definition) is 14. The second kappa shape index (κ2) is 23.6. The minimum Gasteiger partial charge on any atom is -0.505 e. The van der Waals surface area contributed by atoms with Gasteiger partial charge in [0.15, 0.2) is 51.8 Å². The zero-order chi connectivity index (χ0) is 55.3. The molecule has 2 fully saturated rings. The number of phenols is 1. The molecular weight excluding hydrogens is 1110 g/mol. The van der Waals surface area contributed by atoms with E-state index in [9.17, 15) is 44.0 Å². The first-order valence-electron chi connectivity index (χ1n) is 24.3. The van der Waals surface area contributed by atoms with Crippen molar-refractivity contribution < 1.29 is 53.8 Å². The van der Waals surface area contributed by atoms with E-state index in [1.165, 1.54) is 35.0 Å². The van der Waals surface area contributed by atoms with E-state index in [4.69, 9.17) is 9.84 Å². The summed E-state index contributed by atoms with van der Waals surface area (Å²) < 4.78 is 108. The van der Waals surface area contributed by atoms with Gasteiger partial charge in [0.1, 0.15) is 24.3 Å². The standard InChI is InChI=1S/C27H26F2N4O4S.C21H23BrN4O3S.C6H4F2O/c1-16-12-18(8-9-19(16)23(34)13-17-6-7-17)22-15-31-27-21(30-10-11-38(2,35)36)14-25(32-33(22)27)37-24-5-3-4-20(28)26(24)29;1-13-9-15(5-6-16(13)19(27)10-14-3-4-14)18-12-24-21-17(11-20(22)25-26(18)21)23-7-8-30(2,28)29;7-4-2-1-3-5(9)6(4)8/h3-5,8-9,12,14-15,17,30H,6-7,10-11,13H2,1-2H3;5-6,9,11-12,14,23H,3-4,7-8,10H2,1-2H3;1-3,9H. The summed E-state index contributed by atoms with van der Waals surface area (Å²) in [5.41, 5.74) is 8.31. The Balaban J connectivity index is 0.000000178. The van der Waals surface area contributed by atoms with Gasteiger partial charge in [0, 0.05) is 66.8 Å². The summed E-state index contributed by atoms with van der Waals surface area (Å²) in [5.74, 6) is -4.24. The van der Waals surface area contributed by atoms with Gasteiger partial charge in [-0.3, -0.25) is 9.59 Å². The maximum Gasteiger partial charge on any atom is 0.239 e. The van der Waals surface area contributed by atoms with Crippen molar-refractivity contribution in [1.29, 1.82) is 0 Å². The van der Waals surface area contributed by atoms with Gasteiger partial charge < -0.3 is 20.5 Å². The predicted molar refractivity (Wildman–Crippen MR) is 288 cm³/mol. The van der Waals surface area contributed by atoms with Crippen LogP contribution < -0.4 is 15.4 Å². The molecule has 0 saturated heterocycles. The molecule has 8 aromatic rings. The highest BCUT2D eigenvalue weighted by Gasteiger charge is 2.27. The summed E-state index contributed by atoms with van der Waals surface area (Å²) in [6, 6.07) is 21.3. The van der Waals surface area contributed by atoms with Crippen LogP contribution in [0.3, 0.4) is 0 Å². The van der Waals surface area contributed by atoms with E-state index in [0.717, 1.165) is 83.6 Å². The molecule has 10 rings (SSSR count). The predicted octanol–water partition coefficient (Wildman–Crippen LogP) is 10.8.